The second-order valence-corrected chi connectivity index (χ2v) is 1.90. The molecule has 2 nitrogen and oxygen atoms in total. The molecule has 0 bridgehead atoms. The molecule has 0 unspecified atom stereocenters. The highest BCUT2D eigenvalue weighted by Crippen LogP contribution is 1.63. The molecule has 0 radical (unpaired) electrons. The van der Waals surface area contributed by atoms with Crippen molar-refractivity contribution >= 4 is 34.9 Å². The van der Waals surface area contributed by atoms with Crippen LogP contribution in [0.4, 0.5) is 0 Å². The van der Waals surface area contributed by atoms with Crippen molar-refractivity contribution in [2.24, 2.45) is 0 Å². The fraction of sp³-hybridized carbons (Fsp3) is 0.500. The summed E-state index contributed by atoms with van der Waals surface area (Å²) in [7, 11) is 1.79. The van der Waals surface area contributed by atoms with Crippen LogP contribution in [-0.2, 0) is 0 Å². The van der Waals surface area contributed by atoms with Crippen LogP contribution in [0.2, 0.25) is 0 Å². The summed E-state index contributed by atoms with van der Waals surface area (Å²) in [6.07, 6.45) is 0. The van der Waals surface area contributed by atoms with Gasteiger partial charge in [-0.05, 0) is 0 Å². The largest absolute Gasteiger partial charge is 0.381 e. The van der Waals surface area contributed by atoms with Gasteiger partial charge in [0.2, 0.25) is 0 Å². The highest BCUT2D eigenvalue weighted by atomic mass is 32.1. The van der Waals surface area contributed by atoms with Crippen LogP contribution in [0.25, 0.3) is 0 Å². The van der Waals surface area contributed by atoms with Gasteiger partial charge >= 0.3 is 0 Å². The molecule has 0 aliphatic carbocycles. The zero-order chi connectivity index (χ0) is 6.41. The maximum Gasteiger partial charge on any atom is 0.0945 e. The summed E-state index contributed by atoms with van der Waals surface area (Å²) >= 11 is 9.28. The molecule has 0 aromatic carbocycles. The Labute approximate surface area is 59.7 Å². The average molecular weight is 148 g/mol. The smallest absolute Gasteiger partial charge is 0.0945 e. The maximum absolute atomic E-state index is 4.78. The van der Waals surface area contributed by atoms with Crippen molar-refractivity contribution in [1.29, 1.82) is 0 Å². The first kappa shape index (κ1) is 7.78. The number of rotatable bonds is 3. The zero-order valence-electron chi connectivity index (χ0n) is 4.60. The van der Waals surface area contributed by atoms with Crippen molar-refractivity contribution in [2.75, 3.05) is 13.6 Å². The second-order valence-electron chi connectivity index (χ2n) is 1.17. The van der Waals surface area contributed by atoms with E-state index in [1.54, 1.807) is 7.05 Å². The molecule has 0 rings (SSSR count). The van der Waals surface area contributed by atoms with Gasteiger partial charge in [-0.3, -0.25) is 0 Å². The summed E-state index contributed by atoms with van der Waals surface area (Å²) in [5.41, 5.74) is 1.45. The lowest BCUT2D eigenvalue weighted by Crippen LogP contribution is -2.28. The minimum absolute atomic E-state index is 0.634. The highest BCUT2D eigenvalue weighted by molar-refractivity contribution is 7.80. The molecule has 0 aliphatic heterocycles. The van der Waals surface area contributed by atoms with E-state index >= 15 is 0 Å². The van der Waals surface area contributed by atoms with E-state index in [1.807, 2.05) is 0 Å². The van der Waals surface area contributed by atoms with Crippen molar-refractivity contribution in [3.05, 3.63) is 0 Å². The molecule has 0 aliphatic rings. The van der Waals surface area contributed by atoms with Gasteiger partial charge in [0.1, 0.15) is 0 Å². The highest BCUT2D eigenvalue weighted by Gasteiger charge is 1.84. The minimum Gasteiger partial charge on any atom is -0.381 e. The van der Waals surface area contributed by atoms with E-state index in [1.165, 1.54) is 5.49 Å². The van der Waals surface area contributed by atoms with Crippen LogP contribution in [0.5, 0.6) is 0 Å². The number of thiocarbonyl (C=S) groups is 2. The van der Waals surface area contributed by atoms with Crippen molar-refractivity contribution in [3.8, 4) is 0 Å². The van der Waals surface area contributed by atoms with Crippen molar-refractivity contribution in [2.45, 2.75) is 0 Å². The quantitative estimate of drug-likeness (QED) is 0.554. The van der Waals surface area contributed by atoms with Gasteiger partial charge in [0.25, 0.3) is 0 Å². The Morgan fingerprint density at radius 3 is 2.75 bits per heavy atom. The Hall–Kier alpha value is -0.220. The summed E-state index contributed by atoms with van der Waals surface area (Å²) in [6, 6.07) is 0. The molecule has 8 heavy (non-hydrogen) atoms. The normalized spacial score (nSPS) is 7.62. The van der Waals surface area contributed by atoms with Gasteiger partial charge in [-0.15, -0.1) is 0 Å². The van der Waals surface area contributed by atoms with Crippen LogP contribution in [0.3, 0.4) is 0 Å². The fourth-order valence-electron chi connectivity index (χ4n) is 0.223. The average Bonchev–Trinajstić information content (AvgIpc) is 1.83. The van der Waals surface area contributed by atoms with Crippen LogP contribution in [-0.4, -0.2) is 24.1 Å². The Bertz CT molecular complexity index is 92.0. The molecule has 0 amide bonds. The monoisotopic (exact) mass is 148 g/mol. The zero-order valence-corrected chi connectivity index (χ0v) is 6.23. The first-order chi connectivity index (χ1) is 3.81. The molecular formula is C4H8N2S2. The van der Waals surface area contributed by atoms with E-state index in [0.29, 0.717) is 6.54 Å². The molecule has 0 heterocycles. The molecule has 2 N–H and O–H groups in total. The standard InChI is InChI=1S/C4H8N2S2/c1-5-4(8)2-6-3-7/h3H,2H2,1H3,(H,5,8)(H,6,7). The molecule has 46 valence electrons. The first-order valence-electron chi connectivity index (χ1n) is 2.19. The molecule has 0 spiro atoms. The molecule has 0 saturated heterocycles. The van der Waals surface area contributed by atoms with Crippen molar-refractivity contribution in [3.63, 3.8) is 0 Å². The van der Waals surface area contributed by atoms with Crippen molar-refractivity contribution in [1.82, 2.24) is 10.6 Å². The van der Waals surface area contributed by atoms with Gasteiger partial charge in [-0.2, -0.15) is 0 Å². The Balaban J connectivity index is 3.11. The molecule has 0 aromatic rings. The van der Waals surface area contributed by atoms with Crippen LogP contribution >= 0.6 is 24.4 Å². The van der Waals surface area contributed by atoms with Gasteiger partial charge in [0.05, 0.1) is 17.0 Å². The Morgan fingerprint density at radius 1 is 1.75 bits per heavy atom. The SMILES string of the molecule is CNC(=S)CNC=S. The number of likely N-dealkylation sites (N-methyl/N-ethyl adjacent to an activating group) is 1. The van der Waals surface area contributed by atoms with Gasteiger partial charge < -0.3 is 10.6 Å². The summed E-state index contributed by atoms with van der Waals surface area (Å²) < 4.78 is 0. The molecule has 0 atom stereocenters. The van der Waals surface area contributed by atoms with E-state index in [9.17, 15) is 0 Å². The summed E-state index contributed by atoms with van der Waals surface area (Å²) in [6.45, 7) is 0.634. The molecule has 0 aromatic heterocycles. The Kier molecular flexibility index (Phi) is 4.79. The van der Waals surface area contributed by atoms with Gasteiger partial charge in [0, 0.05) is 7.05 Å². The van der Waals surface area contributed by atoms with E-state index in [0.717, 1.165) is 4.99 Å². The third-order valence-electron chi connectivity index (χ3n) is 0.625. The Morgan fingerprint density at radius 2 is 2.38 bits per heavy atom. The van der Waals surface area contributed by atoms with Gasteiger partial charge in [-0.25, -0.2) is 0 Å². The lowest BCUT2D eigenvalue weighted by Gasteiger charge is -1.98. The topological polar surface area (TPSA) is 24.1 Å². The predicted octanol–water partition coefficient (Wildman–Crippen LogP) is 0.0800. The predicted molar refractivity (Wildman–Crippen MR) is 43.3 cm³/mol. The van der Waals surface area contributed by atoms with Crippen molar-refractivity contribution < 1.29 is 0 Å². The summed E-state index contributed by atoms with van der Waals surface area (Å²) in [5, 5.41) is 5.59. The fourth-order valence-corrected chi connectivity index (χ4v) is 0.389. The first-order valence-corrected chi connectivity index (χ1v) is 3.07. The minimum atomic E-state index is 0.634. The molecule has 0 fully saturated rings. The number of hydrogen-bond acceptors (Lipinski definition) is 2. The summed E-state index contributed by atoms with van der Waals surface area (Å²) in [4.78, 5) is 0.770. The van der Waals surface area contributed by atoms with Crippen LogP contribution < -0.4 is 10.6 Å². The van der Waals surface area contributed by atoms with Gasteiger partial charge in [0.15, 0.2) is 0 Å². The lowest BCUT2D eigenvalue weighted by molar-refractivity contribution is 1.06. The number of hydrogen-bond donors (Lipinski definition) is 2. The maximum atomic E-state index is 4.78. The lowest BCUT2D eigenvalue weighted by atomic mass is 10.6. The third-order valence-corrected chi connectivity index (χ3v) is 1.14. The van der Waals surface area contributed by atoms with E-state index < -0.39 is 0 Å². The molecular weight excluding hydrogens is 140 g/mol. The van der Waals surface area contributed by atoms with E-state index in [4.69, 9.17) is 12.2 Å². The van der Waals surface area contributed by atoms with Crippen LogP contribution in [0, 0.1) is 0 Å². The second kappa shape index (κ2) is 4.93. The molecule has 0 saturated carbocycles. The van der Waals surface area contributed by atoms with E-state index in [-0.39, 0.29) is 0 Å². The van der Waals surface area contributed by atoms with Crippen LogP contribution in [0.1, 0.15) is 0 Å². The summed E-state index contributed by atoms with van der Waals surface area (Å²) in [5.74, 6) is 0. The number of nitrogens with one attached hydrogen (secondary N) is 2. The van der Waals surface area contributed by atoms with Gasteiger partial charge in [-0.1, -0.05) is 24.4 Å². The van der Waals surface area contributed by atoms with Crippen LogP contribution in [0.15, 0.2) is 0 Å². The van der Waals surface area contributed by atoms with E-state index in [2.05, 4.69) is 22.9 Å². The third kappa shape index (κ3) is 3.95. The molecule has 4 heteroatoms.